The lowest BCUT2D eigenvalue weighted by Gasteiger charge is -2.08. The summed E-state index contributed by atoms with van der Waals surface area (Å²) in [7, 11) is 0. The second-order valence-electron chi connectivity index (χ2n) is 5.09. The molecule has 0 bridgehead atoms. The van der Waals surface area contributed by atoms with Gasteiger partial charge in [0.2, 0.25) is 0 Å². The zero-order chi connectivity index (χ0) is 16.9. The van der Waals surface area contributed by atoms with Crippen LogP contribution in [-0.4, -0.2) is 11.0 Å². The average Bonchev–Trinajstić information content (AvgIpc) is 3.01. The minimum atomic E-state index is -0.412. The van der Waals surface area contributed by atoms with Gasteiger partial charge in [0.1, 0.15) is 5.58 Å². The van der Waals surface area contributed by atoms with E-state index in [2.05, 4.69) is 16.7 Å². The van der Waals surface area contributed by atoms with Crippen LogP contribution in [-0.2, 0) is 6.42 Å². The fraction of sp³-hybridized carbons (Fsp3) is 0.0556. The van der Waals surface area contributed by atoms with Crippen molar-refractivity contribution in [1.82, 2.24) is 5.32 Å². The number of nitrogens with zero attached hydrogens (tertiary/aromatic N) is 1. The molecule has 2 N–H and O–H groups in total. The molecule has 0 spiro atoms. The smallest absolute Gasteiger partial charge is 0.293 e. The number of hydrogen-bond acceptors (Lipinski definition) is 4. The molecule has 118 valence electrons. The first-order chi connectivity index (χ1) is 11.7. The lowest BCUT2D eigenvalue weighted by Crippen LogP contribution is -2.33. The molecule has 0 unspecified atom stereocenters. The van der Waals surface area contributed by atoms with Gasteiger partial charge in [0, 0.05) is 11.1 Å². The number of hydrogen-bond donors (Lipinski definition) is 2. The van der Waals surface area contributed by atoms with Gasteiger partial charge in [0.25, 0.3) is 5.91 Å². The highest BCUT2D eigenvalue weighted by Gasteiger charge is 2.13. The third-order valence-corrected chi connectivity index (χ3v) is 3.58. The largest absolute Gasteiger partial charge is 0.451 e. The number of carbonyl (C=O) groups is 1. The maximum Gasteiger partial charge on any atom is 0.293 e. The Balaban J connectivity index is 1.63. The van der Waals surface area contributed by atoms with Crippen LogP contribution in [0.2, 0.25) is 0 Å². The molecule has 3 aromatic rings. The van der Waals surface area contributed by atoms with Crippen LogP contribution in [0.5, 0.6) is 0 Å². The van der Waals surface area contributed by atoms with E-state index in [-0.39, 0.29) is 10.9 Å². The number of nitriles is 1. The van der Waals surface area contributed by atoms with Crippen LogP contribution in [0.25, 0.3) is 11.0 Å². The second-order valence-corrected chi connectivity index (χ2v) is 5.50. The van der Waals surface area contributed by atoms with Crippen LogP contribution in [0.15, 0.2) is 59.0 Å². The Bertz CT molecular complexity index is 906. The SMILES string of the molecule is N#CCc1ccc(NC(=S)NC(=O)c2cc3ccccc3o2)cc1. The first-order valence-corrected chi connectivity index (χ1v) is 7.63. The predicted octanol–water partition coefficient (Wildman–Crippen LogP) is 3.63. The van der Waals surface area contributed by atoms with Crippen LogP contribution >= 0.6 is 12.2 Å². The Kier molecular flexibility index (Phi) is 4.54. The molecule has 3 rings (SSSR count). The summed E-state index contributed by atoms with van der Waals surface area (Å²) >= 11 is 5.14. The standard InChI is InChI=1S/C18H13N3O2S/c19-10-9-12-5-7-14(8-6-12)20-18(24)21-17(22)16-11-13-3-1-2-4-15(13)23-16/h1-8,11H,9H2,(H2,20,21,22,24). The van der Waals surface area contributed by atoms with Crippen molar-refractivity contribution in [2.24, 2.45) is 0 Å². The number of furan rings is 1. The minimum Gasteiger partial charge on any atom is -0.451 e. The number of amides is 1. The quantitative estimate of drug-likeness (QED) is 0.715. The molecule has 5 nitrogen and oxygen atoms in total. The summed E-state index contributed by atoms with van der Waals surface area (Å²) in [6, 6.07) is 18.4. The van der Waals surface area contributed by atoms with E-state index in [0.717, 1.165) is 16.6 Å². The van der Waals surface area contributed by atoms with Gasteiger partial charge in [-0.05, 0) is 42.0 Å². The molecule has 2 aromatic carbocycles. The van der Waals surface area contributed by atoms with Gasteiger partial charge in [-0.15, -0.1) is 0 Å². The number of rotatable bonds is 3. The first-order valence-electron chi connectivity index (χ1n) is 7.22. The van der Waals surface area contributed by atoms with E-state index in [4.69, 9.17) is 21.9 Å². The van der Waals surface area contributed by atoms with E-state index < -0.39 is 5.91 Å². The van der Waals surface area contributed by atoms with Crippen molar-refractivity contribution in [3.05, 3.63) is 65.9 Å². The Hall–Kier alpha value is -3.17. The Labute approximate surface area is 143 Å². The van der Waals surface area contributed by atoms with Gasteiger partial charge in [-0.1, -0.05) is 30.3 Å². The lowest BCUT2D eigenvalue weighted by molar-refractivity contribution is 0.0953. The summed E-state index contributed by atoms with van der Waals surface area (Å²) < 4.78 is 5.49. The van der Waals surface area contributed by atoms with Crippen LogP contribution < -0.4 is 10.6 Å². The molecule has 6 heteroatoms. The highest BCUT2D eigenvalue weighted by atomic mass is 32.1. The van der Waals surface area contributed by atoms with Crippen LogP contribution in [0, 0.1) is 11.3 Å². The number of anilines is 1. The van der Waals surface area contributed by atoms with Gasteiger partial charge in [0.05, 0.1) is 12.5 Å². The van der Waals surface area contributed by atoms with Crippen molar-refractivity contribution in [2.45, 2.75) is 6.42 Å². The lowest BCUT2D eigenvalue weighted by atomic mass is 10.1. The van der Waals surface area contributed by atoms with Gasteiger partial charge in [0.15, 0.2) is 10.9 Å². The molecule has 0 aliphatic heterocycles. The predicted molar refractivity (Wildman–Crippen MR) is 95.7 cm³/mol. The zero-order valence-electron chi connectivity index (χ0n) is 12.6. The third kappa shape index (κ3) is 3.59. The van der Waals surface area contributed by atoms with Gasteiger partial charge in [-0.3, -0.25) is 10.1 Å². The van der Waals surface area contributed by atoms with E-state index in [1.807, 2.05) is 30.3 Å². The number of benzene rings is 2. The molecule has 0 aliphatic rings. The summed E-state index contributed by atoms with van der Waals surface area (Å²) in [6.07, 6.45) is 0.355. The summed E-state index contributed by atoms with van der Waals surface area (Å²) in [5.41, 5.74) is 2.29. The molecular formula is C18H13N3O2S. The molecule has 1 aromatic heterocycles. The van der Waals surface area contributed by atoms with Gasteiger partial charge in [-0.2, -0.15) is 5.26 Å². The van der Waals surface area contributed by atoms with Crippen molar-refractivity contribution < 1.29 is 9.21 Å². The average molecular weight is 335 g/mol. The number of fused-ring (bicyclic) bond motifs is 1. The monoisotopic (exact) mass is 335 g/mol. The topological polar surface area (TPSA) is 78.1 Å². The zero-order valence-corrected chi connectivity index (χ0v) is 13.4. The second kappa shape index (κ2) is 6.94. The van der Waals surface area contributed by atoms with E-state index in [1.165, 1.54) is 0 Å². The molecule has 1 amide bonds. The van der Waals surface area contributed by atoms with Crippen LogP contribution in [0.3, 0.4) is 0 Å². The molecule has 0 atom stereocenters. The van der Waals surface area contributed by atoms with Crippen molar-refractivity contribution in [2.75, 3.05) is 5.32 Å². The van der Waals surface area contributed by atoms with E-state index >= 15 is 0 Å². The molecule has 24 heavy (non-hydrogen) atoms. The number of para-hydroxylation sites is 1. The normalized spacial score (nSPS) is 10.1. The molecule has 0 fully saturated rings. The van der Waals surface area contributed by atoms with Crippen molar-refractivity contribution in [3.63, 3.8) is 0 Å². The molecule has 0 saturated carbocycles. The Morgan fingerprint density at radius 3 is 2.62 bits per heavy atom. The highest BCUT2D eigenvalue weighted by Crippen LogP contribution is 2.18. The van der Waals surface area contributed by atoms with E-state index in [1.54, 1.807) is 24.3 Å². The van der Waals surface area contributed by atoms with E-state index in [0.29, 0.717) is 12.0 Å². The molecule has 1 heterocycles. The molecular weight excluding hydrogens is 322 g/mol. The van der Waals surface area contributed by atoms with Crippen molar-refractivity contribution >= 4 is 39.9 Å². The minimum absolute atomic E-state index is 0.175. The summed E-state index contributed by atoms with van der Waals surface area (Å²) in [5.74, 6) is -0.213. The maximum absolute atomic E-state index is 12.2. The fourth-order valence-electron chi connectivity index (χ4n) is 2.22. The fourth-order valence-corrected chi connectivity index (χ4v) is 2.43. The van der Waals surface area contributed by atoms with Gasteiger partial charge >= 0.3 is 0 Å². The summed E-state index contributed by atoms with van der Waals surface area (Å²) in [6.45, 7) is 0. The molecule has 0 saturated heterocycles. The third-order valence-electron chi connectivity index (χ3n) is 3.37. The first kappa shape index (κ1) is 15.7. The number of nitrogens with one attached hydrogen (secondary N) is 2. The summed E-state index contributed by atoms with van der Waals surface area (Å²) in [5, 5.41) is 15.2. The van der Waals surface area contributed by atoms with E-state index in [9.17, 15) is 4.79 Å². The summed E-state index contributed by atoms with van der Waals surface area (Å²) in [4.78, 5) is 12.2. The van der Waals surface area contributed by atoms with Crippen molar-refractivity contribution in [3.8, 4) is 6.07 Å². The maximum atomic E-state index is 12.2. The highest BCUT2D eigenvalue weighted by molar-refractivity contribution is 7.80. The molecule has 0 radical (unpaired) electrons. The van der Waals surface area contributed by atoms with Gasteiger partial charge in [-0.25, -0.2) is 0 Å². The van der Waals surface area contributed by atoms with Crippen LogP contribution in [0.1, 0.15) is 16.1 Å². The Morgan fingerprint density at radius 1 is 1.17 bits per heavy atom. The Morgan fingerprint density at radius 2 is 1.92 bits per heavy atom. The number of thiocarbonyl (C=S) groups is 1. The number of carbonyl (C=O) groups excluding carboxylic acids is 1. The molecule has 0 aliphatic carbocycles. The van der Waals surface area contributed by atoms with Crippen molar-refractivity contribution in [1.29, 1.82) is 5.26 Å². The van der Waals surface area contributed by atoms with Gasteiger partial charge < -0.3 is 9.73 Å². The van der Waals surface area contributed by atoms with Crippen LogP contribution in [0.4, 0.5) is 5.69 Å².